The Morgan fingerprint density at radius 1 is 0.526 bits per heavy atom. The second-order valence-electron chi connectivity index (χ2n) is 8.55. The minimum absolute atomic E-state index is 0.00540. The first-order chi connectivity index (χ1) is 18.2. The van der Waals surface area contributed by atoms with Crippen LogP contribution in [-0.4, -0.2) is 37.1 Å². The van der Waals surface area contributed by atoms with Crippen LogP contribution in [0.1, 0.15) is 0 Å². The van der Waals surface area contributed by atoms with Gasteiger partial charge in [0.05, 0.1) is 0 Å². The van der Waals surface area contributed by atoms with Crippen LogP contribution in [0.15, 0.2) is 36.4 Å². The number of benzene rings is 3. The molecule has 6 aromatic rings. The summed E-state index contributed by atoms with van der Waals surface area (Å²) in [5.41, 5.74) is -0.675. The van der Waals surface area contributed by atoms with Crippen LogP contribution in [0.2, 0.25) is 0 Å². The van der Waals surface area contributed by atoms with E-state index >= 15 is 0 Å². The first-order valence-corrected chi connectivity index (χ1v) is 10.9. The zero-order valence-corrected chi connectivity index (χ0v) is 18.6. The van der Waals surface area contributed by atoms with Gasteiger partial charge >= 0.3 is 7.69 Å². The highest BCUT2D eigenvalue weighted by Crippen LogP contribution is 2.37. The molecule has 0 saturated carbocycles. The molecule has 1 N–H and O–H groups in total. The minimum Gasteiger partial charge on any atom is -0.327 e. The molecule has 3 aromatic heterocycles. The van der Waals surface area contributed by atoms with Gasteiger partial charge in [0.25, 0.3) is 0 Å². The summed E-state index contributed by atoms with van der Waals surface area (Å²) in [4.78, 5) is 20.0. The van der Waals surface area contributed by atoms with Crippen LogP contribution in [0, 0.1) is 34.9 Å². The maximum atomic E-state index is 14.5. The number of nitrogens with one attached hydrogen (secondary N) is 1. The summed E-state index contributed by atoms with van der Waals surface area (Å²) in [6.07, 6.45) is 0. The van der Waals surface area contributed by atoms with E-state index in [2.05, 4.69) is 24.9 Å². The number of H-pyrrole nitrogens is 1. The summed E-state index contributed by atoms with van der Waals surface area (Å²) in [6, 6.07) is 4.92. The van der Waals surface area contributed by atoms with Gasteiger partial charge in [0.2, 0.25) is 0 Å². The van der Waals surface area contributed by atoms with Gasteiger partial charge in [-0.25, -0.2) is 46.3 Å². The lowest BCUT2D eigenvalue weighted by atomic mass is 10.1. The average molecular weight is 524 g/mol. The topological polar surface area (TPSA) is 72.3 Å². The van der Waals surface area contributed by atoms with E-state index in [1.54, 1.807) is 0 Å². The Balaban J connectivity index is 1.80. The smallest absolute Gasteiger partial charge is 0.327 e. The van der Waals surface area contributed by atoms with Crippen LogP contribution in [0.5, 0.6) is 0 Å². The molecular formula is C24H8BF7N6. The second kappa shape index (κ2) is 7.63. The maximum Gasteiger partial charge on any atom is 0.451 e. The molecule has 0 radical (unpaired) electrons. The SMILES string of the molecule is FBn1c2nc3nc(nc4[nH]c(nc1c1cc(F)c(F)cc12)c1cc(F)c(F)cc41)-c1cc(F)c(F)cc1-3. The van der Waals surface area contributed by atoms with Crippen molar-refractivity contribution < 1.29 is 30.7 Å². The Labute approximate surface area is 206 Å². The number of aromatic amines is 1. The van der Waals surface area contributed by atoms with Gasteiger partial charge in [0.15, 0.2) is 46.6 Å². The van der Waals surface area contributed by atoms with E-state index in [1.165, 1.54) is 0 Å². The zero-order valence-electron chi connectivity index (χ0n) is 18.6. The van der Waals surface area contributed by atoms with E-state index in [9.17, 15) is 30.7 Å². The molecule has 0 saturated heterocycles. The first kappa shape index (κ1) is 22.5. The van der Waals surface area contributed by atoms with E-state index in [1.807, 2.05) is 0 Å². The summed E-state index contributed by atoms with van der Waals surface area (Å²) < 4.78 is 101. The van der Waals surface area contributed by atoms with Crippen molar-refractivity contribution in [1.82, 2.24) is 29.4 Å². The van der Waals surface area contributed by atoms with Gasteiger partial charge in [0, 0.05) is 32.7 Å². The third kappa shape index (κ3) is 3.02. The highest BCUT2D eigenvalue weighted by atomic mass is 19.2. The standard InChI is InChI=1S/C24H8BF7N6/c26-13-1-7-9(3-15(13)28)21-34-19(7)33-20-8-2-14(27)16(29)4-10(8)22(35-20)37-24-12-6-18(31)17(30)5-11(12)23(36-21)38(24)25-32/h1-6,25H,(H,33,34,35,36,37). The van der Waals surface area contributed by atoms with Gasteiger partial charge in [-0.15, -0.1) is 0 Å². The molecule has 0 aliphatic carbocycles. The predicted octanol–water partition coefficient (Wildman–Crippen LogP) is 5.70. The number of halogens is 7. The molecule has 0 unspecified atom stereocenters. The van der Waals surface area contributed by atoms with Crippen molar-refractivity contribution in [3.8, 4) is 22.8 Å². The molecule has 1 aliphatic rings. The van der Waals surface area contributed by atoms with E-state index in [0.29, 0.717) is 0 Å². The fourth-order valence-corrected chi connectivity index (χ4v) is 4.64. The molecule has 6 bridgehead atoms. The molecule has 38 heavy (non-hydrogen) atoms. The van der Waals surface area contributed by atoms with Crippen molar-refractivity contribution in [2.75, 3.05) is 0 Å². The fourth-order valence-electron chi connectivity index (χ4n) is 4.64. The third-order valence-corrected chi connectivity index (χ3v) is 6.38. The fraction of sp³-hybridized carbons (Fsp3) is 0. The number of fused-ring (bicyclic) bond motifs is 15. The summed E-state index contributed by atoms with van der Waals surface area (Å²) in [7, 11) is -1.27. The van der Waals surface area contributed by atoms with Crippen LogP contribution in [0.25, 0.3) is 66.9 Å². The largest absolute Gasteiger partial charge is 0.451 e. The highest BCUT2D eigenvalue weighted by molar-refractivity contribution is 6.31. The Morgan fingerprint density at radius 2 is 0.947 bits per heavy atom. The van der Waals surface area contributed by atoms with Crippen LogP contribution in [0.4, 0.5) is 30.7 Å². The van der Waals surface area contributed by atoms with Crippen molar-refractivity contribution in [3.05, 3.63) is 71.3 Å². The van der Waals surface area contributed by atoms with Crippen LogP contribution < -0.4 is 0 Å². The average Bonchev–Trinajstić information content (AvgIpc) is 3.46. The highest BCUT2D eigenvalue weighted by Gasteiger charge is 2.25. The molecule has 4 heterocycles. The molecule has 186 valence electrons. The zero-order chi connectivity index (χ0) is 26.5. The molecule has 3 aromatic carbocycles. The Hall–Kier alpha value is -4.75. The van der Waals surface area contributed by atoms with Crippen molar-refractivity contribution in [1.29, 1.82) is 0 Å². The summed E-state index contributed by atoms with van der Waals surface area (Å²) >= 11 is 0. The molecule has 6 nitrogen and oxygen atoms in total. The van der Waals surface area contributed by atoms with Crippen LogP contribution in [0.3, 0.4) is 0 Å². The van der Waals surface area contributed by atoms with Gasteiger partial charge in [-0.1, -0.05) is 0 Å². The maximum absolute atomic E-state index is 14.5. The van der Waals surface area contributed by atoms with Crippen molar-refractivity contribution in [2.24, 2.45) is 0 Å². The lowest BCUT2D eigenvalue weighted by Crippen LogP contribution is -2.02. The quantitative estimate of drug-likeness (QED) is 0.221. The second-order valence-corrected chi connectivity index (χ2v) is 8.55. The molecule has 7 rings (SSSR count). The first-order valence-electron chi connectivity index (χ1n) is 10.9. The Bertz CT molecular complexity index is 2100. The van der Waals surface area contributed by atoms with Gasteiger partial charge in [-0.05, 0) is 36.4 Å². The monoisotopic (exact) mass is 524 g/mol. The van der Waals surface area contributed by atoms with Crippen molar-refractivity contribution in [2.45, 2.75) is 0 Å². The molecule has 0 spiro atoms. The number of hydrogen-bond acceptors (Lipinski definition) is 4. The van der Waals surface area contributed by atoms with E-state index in [-0.39, 0.29) is 66.9 Å². The predicted molar refractivity (Wildman–Crippen MR) is 125 cm³/mol. The lowest BCUT2D eigenvalue weighted by molar-refractivity contribution is 0.509. The van der Waals surface area contributed by atoms with Crippen LogP contribution in [-0.2, 0) is 0 Å². The number of nitrogens with zero attached hydrogens (tertiary/aromatic N) is 5. The summed E-state index contributed by atoms with van der Waals surface area (Å²) in [5, 5.41) is -0.0583. The summed E-state index contributed by atoms with van der Waals surface area (Å²) in [5.74, 6) is -7.75. The van der Waals surface area contributed by atoms with Gasteiger partial charge in [-0.3, -0.25) is 0 Å². The number of rotatable bonds is 1. The van der Waals surface area contributed by atoms with E-state index < -0.39 is 42.6 Å². The Kier molecular flexibility index (Phi) is 4.51. The number of hydrogen-bond donors (Lipinski definition) is 1. The molecule has 14 heteroatoms. The third-order valence-electron chi connectivity index (χ3n) is 6.38. The van der Waals surface area contributed by atoms with Gasteiger partial charge < -0.3 is 13.8 Å². The van der Waals surface area contributed by atoms with E-state index in [0.717, 1.165) is 40.9 Å². The molecule has 0 atom stereocenters. The van der Waals surface area contributed by atoms with E-state index in [4.69, 9.17) is 0 Å². The Morgan fingerprint density at radius 3 is 1.47 bits per heavy atom. The minimum atomic E-state index is -1.27. The normalized spacial score (nSPS) is 12.1. The lowest BCUT2D eigenvalue weighted by Gasteiger charge is -2.01. The van der Waals surface area contributed by atoms with Crippen LogP contribution >= 0.6 is 0 Å². The molecular weight excluding hydrogens is 516 g/mol. The van der Waals surface area contributed by atoms with Crippen molar-refractivity contribution in [3.63, 3.8) is 0 Å². The molecule has 0 amide bonds. The molecule has 0 fully saturated rings. The van der Waals surface area contributed by atoms with Gasteiger partial charge in [-0.2, -0.15) is 0 Å². The number of aromatic nitrogens is 6. The molecule has 1 aliphatic heterocycles. The summed E-state index contributed by atoms with van der Waals surface area (Å²) in [6.45, 7) is 0. The van der Waals surface area contributed by atoms with Crippen molar-refractivity contribution >= 4 is 51.8 Å². The van der Waals surface area contributed by atoms with Gasteiger partial charge in [0.1, 0.15) is 22.6 Å².